The molecule has 0 spiro atoms. The van der Waals surface area contributed by atoms with Gasteiger partial charge in [0.2, 0.25) is 5.91 Å². The van der Waals surface area contributed by atoms with E-state index in [0.29, 0.717) is 0 Å². The van der Waals surface area contributed by atoms with Gasteiger partial charge in [-0.1, -0.05) is 0 Å². The number of amides is 1. The van der Waals surface area contributed by atoms with Crippen LogP contribution in [-0.2, 0) is 15.9 Å². The molecule has 1 aromatic rings. The zero-order valence-electron chi connectivity index (χ0n) is 8.31. The molecule has 15 heavy (non-hydrogen) atoms. The Balaban J connectivity index is 0.00000196. The number of anilines is 1. The third-order valence-electron chi connectivity index (χ3n) is 1.47. The molecular weight excluding hydrogens is 229 g/mol. The normalized spacial score (nSPS) is 11.3. The van der Waals surface area contributed by atoms with E-state index in [4.69, 9.17) is 0 Å². The first-order valence-corrected chi connectivity index (χ1v) is 4.78. The Kier molecular flexibility index (Phi) is 6.07. The Bertz CT molecular complexity index is 396. The molecule has 0 aliphatic rings. The van der Waals surface area contributed by atoms with Crippen molar-refractivity contribution in [3.05, 3.63) is 18.2 Å². The molecule has 0 saturated carbocycles. The number of phenolic OH excluding ortho intramolecular Hbond substituents is 1. The third kappa shape index (κ3) is 4.31. The molecule has 76 valence electrons. The van der Waals surface area contributed by atoms with Gasteiger partial charge in [0.05, 0.1) is 5.69 Å². The average molecular weight is 237 g/mol. The maximum Gasteiger partial charge on any atom is 1.00 e. The van der Waals surface area contributed by atoms with E-state index in [0.717, 1.165) is 0 Å². The molecule has 1 rings (SSSR count). The molecule has 0 aliphatic carbocycles. The molecule has 2 N–H and O–H groups in total. The molecule has 0 heterocycles. The monoisotopic (exact) mass is 237 g/mol. The maximum atomic E-state index is 10.7. The van der Waals surface area contributed by atoms with Crippen molar-refractivity contribution in [3.8, 4) is 5.75 Å². The van der Waals surface area contributed by atoms with Gasteiger partial charge in [-0.25, -0.2) is 0 Å². The summed E-state index contributed by atoms with van der Waals surface area (Å²) in [5.74, 6) is -0.552. The van der Waals surface area contributed by atoms with Gasteiger partial charge in [-0.2, -0.15) is 0 Å². The summed E-state index contributed by atoms with van der Waals surface area (Å²) >= 11 is -2.37. The molecule has 1 unspecified atom stereocenters. The van der Waals surface area contributed by atoms with Crippen molar-refractivity contribution >= 4 is 22.7 Å². The predicted molar refractivity (Wildman–Crippen MR) is 49.6 cm³/mol. The van der Waals surface area contributed by atoms with Crippen LogP contribution in [0.4, 0.5) is 5.69 Å². The standard InChI is InChI=1S/C8H9NO4S.Na/c1-5(10)9-7-4-6(14(12)13)2-3-8(7)11;/h2-4,11H,1H3,(H,9,10)(H,12,13);/q;+1/p-1. The summed E-state index contributed by atoms with van der Waals surface area (Å²) in [5, 5.41) is 11.6. The van der Waals surface area contributed by atoms with Gasteiger partial charge in [0.25, 0.3) is 0 Å². The molecule has 5 nitrogen and oxygen atoms in total. The molecule has 0 saturated heterocycles. The SMILES string of the molecule is CC(=O)Nc1cc(S(=O)[O-])ccc1O.[Na+]. The van der Waals surface area contributed by atoms with Crippen molar-refractivity contribution in [1.29, 1.82) is 0 Å². The number of carbonyl (C=O) groups is 1. The van der Waals surface area contributed by atoms with E-state index in [1.165, 1.54) is 25.1 Å². The van der Waals surface area contributed by atoms with Crippen molar-refractivity contribution < 1.29 is 48.2 Å². The number of nitrogens with one attached hydrogen (secondary N) is 1. The Morgan fingerprint density at radius 3 is 2.60 bits per heavy atom. The number of benzene rings is 1. The van der Waals surface area contributed by atoms with E-state index in [-0.39, 0.29) is 51.8 Å². The minimum Gasteiger partial charge on any atom is -0.768 e. The Labute approximate surface area is 111 Å². The number of rotatable bonds is 2. The van der Waals surface area contributed by atoms with E-state index >= 15 is 0 Å². The van der Waals surface area contributed by atoms with Gasteiger partial charge in [0, 0.05) is 11.8 Å². The van der Waals surface area contributed by atoms with E-state index in [1.807, 2.05) is 0 Å². The number of phenols is 1. The average Bonchev–Trinajstić information content (AvgIpc) is 2.07. The smallest absolute Gasteiger partial charge is 0.768 e. The first kappa shape index (κ1) is 14.6. The van der Waals surface area contributed by atoms with Crippen LogP contribution in [0.25, 0.3) is 0 Å². The van der Waals surface area contributed by atoms with E-state index in [1.54, 1.807) is 0 Å². The Morgan fingerprint density at radius 2 is 2.13 bits per heavy atom. The van der Waals surface area contributed by atoms with Crippen LogP contribution in [0.15, 0.2) is 23.1 Å². The summed E-state index contributed by atoms with van der Waals surface area (Å²) in [6.45, 7) is 1.26. The molecule has 0 aromatic heterocycles. The minimum atomic E-state index is -2.37. The van der Waals surface area contributed by atoms with Crippen LogP contribution in [0.5, 0.6) is 5.75 Å². The molecule has 0 fully saturated rings. The van der Waals surface area contributed by atoms with Crippen LogP contribution in [0.3, 0.4) is 0 Å². The van der Waals surface area contributed by atoms with Crippen LogP contribution < -0.4 is 34.9 Å². The minimum absolute atomic E-state index is 0. The molecule has 0 aliphatic heterocycles. The van der Waals surface area contributed by atoms with Gasteiger partial charge in [-0.3, -0.25) is 9.00 Å². The van der Waals surface area contributed by atoms with Gasteiger partial charge in [0.1, 0.15) is 5.75 Å². The quantitative estimate of drug-likeness (QED) is 0.341. The van der Waals surface area contributed by atoms with Crippen LogP contribution in [0.2, 0.25) is 0 Å². The summed E-state index contributed by atoms with van der Waals surface area (Å²) in [7, 11) is 0. The van der Waals surface area contributed by atoms with Crippen molar-refractivity contribution in [2.24, 2.45) is 0 Å². The number of carbonyl (C=O) groups excluding carboxylic acids is 1. The fourth-order valence-electron chi connectivity index (χ4n) is 0.909. The van der Waals surface area contributed by atoms with Crippen molar-refractivity contribution in [2.45, 2.75) is 11.8 Å². The van der Waals surface area contributed by atoms with Gasteiger partial charge in [-0.15, -0.1) is 0 Å². The van der Waals surface area contributed by atoms with Crippen LogP contribution in [0.1, 0.15) is 6.92 Å². The maximum absolute atomic E-state index is 10.7. The number of hydrogen-bond donors (Lipinski definition) is 2. The van der Waals surface area contributed by atoms with Gasteiger partial charge in [-0.05, 0) is 29.3 Å². The van der Waals surface area contributed by atoms with Gasteiger partial charge in [0.15, 0.2) is 0 Å². The molecular formula is C8H8NNaO4S. The zero-order chi connectivity index (χ0) is 10.7. The molecule has 0 bridgehead atoms. The van der Waals surface area contributed by atoms with Crippen molar-refractivity contribution in [2.75, 3.05) is 5.32 Å². The van der Waals surface area contributed by atoms with Gasteiger partial charge >= 0.3 is 29.6 Å². The Morgan fingerprint density at radius 1 is 1.53 bits per heavy atom. The van der Waals surface area contributed by atoms with Crippen LogP contribution in [-0.4, -0.2) is 19.8 Å². The Hall–Kier alpha value is -0.400. The second-order valence-corrected chi connectivity index (χ2v) is 3.54. The predicted octanol–water partition coefficient (Wildman–Crippen LogP) is -2.41. The fraction of sp³-hybridized carbons (Fsp3) is 0.125. The van der Waals surface area contributed by atoms with Gasteiger partial charge < -0.3 is 15.0 Å². The largest absolute Gasteiger partial charge is 1.00 e. The third-order valence-corrected chi connectivity index (χ3v) is 2.11. The summed E-state index contributed by atoms with van der Waals surface area (Å²) < 4.78 is 21.1. The molecule has 7 heteroatoms. The summed E-state index contributed by atoms with van der Waals surface area (Å²) in [5.41, 5.74) is 0.0826. The summed E-state index contributed by atoms with van der Waals surface area (Å²) in [6, 6.07) is 3.63. The fourth-order valence-corrected chi connectivity index (χ4v) is 1.30. The second kappa shape index (κ2) is 6.24. The molecule has 1 atom stereocenters. The van der Waals surface area contributed by atoms with Crippen LogP contribution in [0, 0.1) is 0 Å². The zero-order valence-corrected chi connectivity index (χ0v) is 11.1. The van der Waals surface area contributed by atoms with E-state index < -0.39 is 11.1 Å². The van der Waals surface area contributed by atoms with Crippen LogP contribution >= 0.6 is 0 Å². The topological polar surface area (TPSA) is 89.5 Å². The van der Waals surface area contributed by atoms with E-state index in [2.05, 4.69) is 5.32 Å². The molecule has 1 amide bonds. The first-order valence-electron chi connectivity index (χ1n) is 3.70. The number of hydrogen-bond acceptors (Lipinski definition) is 4. The first-order chi connectivity index (χ1) is 6.50. The van der Waals surface area contributed by atoms with E-state index in [9.17, 15) is 18.7 Å². The summed E-state index contributed by atoms with van der Waals surface area (Å²) in [6.07, 6.45) is 0. The summed E-state index contributed by atoms with van der Waals surface area (Å²) in [4.78, 5) is 10.7. The van der Waals surface area contributed by atoms with Crippen molar-refractivity contribution in [3.63, 3.8) is 0 Å². The molecule has 0 radical (unpaired) electrons. The van der Waals surface area contributed by atoms with Crippen molar-refractivity contribution in [1.82, 2.24) is 0 Å². The molecule has 1 aromatic carbocycles. The second-order valence-electron chi connectivity index (χ2n) is 2.59. The number of aromatic hydroxyl groups is 1.